The molecule has 2 aromatic rings. The number of anilines is 1. The molecule has 0 spiro atoms. The third kappa shape index (κ3) is 2.64. The van der Waals surface area contributed by atoms with E-state index in [9.17, 15) is 9.59 Å². The van der Waals surface area contributed by atoms with Gasteiger partial charge in [-0.05, 0) is 24.5 Å². The first kappa shape index (κ1) is 13.4. The SMILES string of the molecule is CSc1nc2ccc(NC(=O)C3CNC(=O)C3)cc2s1. The van der Waals surface area contributed by atoms with E-state index < -0.39 is 0 Å². The topological polar surface area (TPSA) is 71.1 Å². The van der Waals surface area contributed by atoms with Gasteiger partial charge in [0.15, 0.2) is 4.34 Å². The fourth-order valence-corrected chi connectivity index (χ4v) is 3.63. The van der Waals surface area contributed by atoms with Crippen molar-refractivity contribution in [3.63, 3.8) is 0 Å². The number of hydrogen-bond acceptors (Lipinski definition) is 5. The average molecular weight is 307 g/mol. The van der Waals surface area contributed by atoms with Crippen LogP contribution in [0.3, 0.4) is 0 Å². The van der Waals surface area contributed by atoms with Crippen molar-refractivity contribution in [3.05, 3.63) is 18.2 Å². The maximum absolute atomic E-state index is 12.0. The van der Waals surface area contributed by atoms with Crippen molar-refractivity contribution in [2.75, 3.05) is 18.1 Å². The van der Waals surface area contributed by atoms with Gasteiger partial charge in [0, 0.05) is 18.7 Å². The summed E-state index contributed by atoms with van der Waals surface area (Å²) in [5.41, 5.74) is 1.69. The molecule has 1 unspecified atom stereocenters. The second-order valence-corrected chi connectivity index (χ2v) is 6.64. The van der Waals surface area contributed by atoms with Crippen LogP contribution in [-0.2, 0) is 9.59 Å². The van der Waals surface area contributed by atoms with Gasteiger partial charge in [0.25, 0.3) is 0 Å². The van der Waals surface area contributed by atoms with E-state index >= 15 is 0 Å². The molecule has 0 radical (unpaired) electrons. The Balaban J connectivity index is 1.76. The van der Waals surface area contributed by atoms with Crippen molar-refractivity contribution >= 4 is 50.8 Å². The second kappa shape index (κ2) is 5.41. The summed E-state index contributed by atoms with van der Waals surface area (Å²) < 4.78 is 2.06. The van der Waals surface area contributed by atoms with Crippen LogP contribution in [0.5, 0.6) is 0 Å². The van der Waals surface area contributed by atoms with E-state index in [0.717, 1.165) is 20.2 Å². The summed E-state index contributed by atoms with van der Waals surface area (Å²) in [6.45, 7) is 0.421. The van der Waals surface area contributed by atoms with Crippen LogP contribution in [0.1, 0.15) is 6.42 Å². The highest BCUT2D eigenvalue weighted by Gasteiger charge is 2.27. The highest BCUT2D eigenvalue weighted by molar-refractivity contribution is 8.00. The molecular formula is C13H13N3O2S2. The van der Waals surface area contributed by atoms with Crippen LogP contribution < -0.4 is 10.6 Å². The number of nitrogens with one attached hydrogen (secondary N) is 2. The van der Waals surface area contributed by atoms with Crippen LogP contribution in [0, 0.1) is 5.92 Å². The van der Waals surface area contributed by atoms with Crippen molar-refractivity contribution in [1.82, 2.24) is 10.3 Å². The van der Waals surface area contributed by atoms with Crippen molar-refractivity contribution < 1.29 is 9.59 Å². The number of fused-ring (bicyclic) bond motifs is 1. The molecule has 1 aromatic heterocycles. The highest BCUT2D eigenvalue weighted by atomic mass is 32.2. The van der Waals surface area contributed by atoms with Gasteiger partial charge in [-0.3, -0.25) is 9.59 Å². The molecule has 3 rings (SSSR count). The summed E-state index contributed by atoms with van der Waals surface area (Å²) in [4.78, 5) is 27.6. The zero-order valence-corrected chi connectivity index (χ0v) is 12.4. The number of carbonyl (C=O) groups excluding carboxylic acids is 2. The Morgan fingerprint density at radius 1 is 1.55 bits per heavy atom. The number of nitrogens with zero attached hydrogens (tertiary/aromatic N) is 1. The third-order valence-electron chi connectivity index (χ3n) is 3.16. The van der Waals surface area contributed by atoms with Crippen LogP contribution in [-0.4, -0.2) is 29.6 Å². The van der Waals surface area contributed by atoms with Crippen LogP contribution in [0.25, 0.3) is 10.2 Å². The number of benzene rings is 1. The van der Waals surface area contributed by atoms with E-state index in [1.54, 1.807) is 23.1 Å². The first-order valence-electron chi connectivity index (χ1n) is 6.18. The molecule has 1 atom stereocenters. The van der Waals surface area contributed by atoms with Gasteiger partial charge in [-0.2, -0.15) is 0 Å². The molecule has 1 saturated heterocycles. The van der Waals surface area contributed by atoms with Crippen LogP contribution in [0.2, 0.25) is 0 Å². The van der Waals surface area contributed by atoms with Crippen molar-refractivity contribution in [2.45, 2.75) is 10.8 Å². The van der Waals surface area contributed by atoms with Gasteiger partial charge in [-0.1, -0.05) is 11.8 Å². The Bertz CT molecular complexity index is 683. The molecule has 1 aromatic carbocycles. The monoisotopic (exact) mass is 307 g/mol. The summed E-state index contributed by atoms with van der Waals surface area (Å²) in [6, 6.07) is 5.67. The molecule has 0 saturated carbocycles. The number of thiazole rings is 1. The predicted molar refractivity (Wildman–Crippen MR) is 81.1 cm³/mol. The van der Waals surface area contributed by atoms with Gasteiger partial charge in [0.1, 0.15) is 0 Å². The summed E-state index contributed by atoms with van der Waals surface area (Å²) in [5, 5.41) is 5.53. The Labute approximate surface area is 124 Å². The van der Waals surface area contributed by atoms with E-state index in [2.05, 4.69) is 15.6 Å². The van der Waals surface area contributed by atoms with Crippen LogP contribution in [0.15, 0.2) is 22.5 Å². The van der Waals surface area contributed by atoms with Crippen molar-refractivity contribution in [1.29, 1.82) is 0 Å². The van der Waals surface area contributed by atoms with Gasteiger partial charge in [-0.15, -0.1) is 11.3 Å². The molecule has 1 fully saturated rings. The molecule has 2 heterocycles. The number of amides is 2. The summed E-state index contributed by atoms with van der Waals surface area (Å²) in [6.07, 6.45) is 2.26. The number of rotatable bonds is 3. The van der Waals surface area contributed by atoms with Gasteiger partial charge in [0.2, 0.25) is 11.8 Å². The van der Waals surface area contributed by atoms with E-state index in [1.807, 2.05) is 24.5 Å². The highest BCUT2D eigenvalue weighted by Crippen LogP contribution is 2.30. The number of thioether (sulfide) groups is 1. The molecular weight excluding hydrogens is 294 g/mol. The minimum atomic E-state index is -0.276. The minimum absolute atomic E-state index is 0.0623. The first-order chi connectivity index (χ1) is 9.65. The zero-order chi connectivity index (χ0) is 14.1. The summed E-state index contributed by atoms with van der Waals surface area (Å²) >= 11 is 3.21. The molecule has 0 aliphatic carbocycles. The zero-order valence-electron chi connectivity index (χ0n) is 10.8. The van der Waals surface area contributed by atoms with Gasteiger partial charge in [0.05, 0.1) is 16.1 Å². The lowest BCUT2D eigenvalue weighted by Gasteiger charge is -2.08. The first-order valence-corrected chi connectivity index (χ1v) is 8.22. The summed E-state index contributed by atoms with van der Waals surface area (Å²) in [7, 11) is 0. The molecule has 2 N–H and O–H groups in total. The normalized spacial score (nSPS) is 18.2. The Morgan fingerprint density at radius 2 is 2.40 bits per heavy atom. The summed E-state index contributed by atoms with van der Waals surface area (Å²) in [5.74, 6) is -0.452. The van der Waals surface area contributed by atoms with E-state index in [-0.39, 0.29) is 24.2 Å². The fraction of sp³-hybridized carbons (Fsp3) is 0.308. The quantitative estimate of drug-likeness (QED) is 0.852. The lowest BCUT2D eigenvalue weighted by molar-refractivity contribution is -0.123. The molecule has 7 heteroatoms. The smallest absolute Gasteiger partial charge is 0.229 e. The Hall–Kier alpha value is -1.60. The minimum Gasteiger partial charge on any atom is -0.355 e. The van der Waals surface area contributed by atoms with E-state index in [0.29, 0.717) is 6.54 Å². The number of aromatic nitrogens is 1. The molecule has 104 valence electrons. The molecule has 5 nitrogen and oxygen atoms in total. The molecule has 0 bridgehead atoms. The van der Waals surface area contributed by atoms with E-state index in [1.165, 1.54) is 0 Å². The maximum atomic E-state index is 12.0. The maximum Gasteiger partial charge on any atom is 0.229 e. The van der Waals surface area contributed by atoms with Gasteiger partial charge in [-0.25, -0.2) is 4.98 Å². The standard InChI is InChI=1S/C13H13N3O2S2/c1-19-13-16-9-3-2-8(5-10(9)20-13)15-12(18)7-4-11(17)14-6-7/h2-3,5,7H,4,6H2,1H3,(H,14,17)(H,15,18). The van der Waals surface area contributed by atoms with Crippen molar-refractivity contribution in [2.24, 2.45) is 5.92 Å². The lowest BCUT2D eigenvalue weighted by Crippen LogP contribution is -2.24. The molecule has 2 amide bonds. The molecule has 20 heavy (non-hydrogen) atoms. The fourth-order valence-electron chi connectivity index (χ4n) is 2.10. The molecule has 1 aliphatic heterocycles. The average Bonchev–Trinajstić information content (AvgIpc) is 3.03. The largest absolute Gasteiger partial charge is 0.355 e. The van der Waals surface area contributed by atoms with Crippen molar-refractivity contribution in [3.8, 4) is 0 Å². The van der Waals surface area contributed by atoms with Crippen LogP contribution >= 0.6 is 23.1 Å². The van der Waals surface area contributed by atoms with Gasteiger partial charge < -0.3 is 10.6 Å². The van der Waals surface area contributed by atoms with Gasteiger partial charge >= 0.3 is 0 Å². The third-order valence-corrected chi connectivity index (χ3v) is 5.16. The lowest BCUT2D eigenvalue weighted by atomic mass is 10.1. The Kier molecular flexibility index (Phi) is 3.62. The molecule has 1 aliphatic rings. The number of carbonyl (C=O) groups is 2. The van der Waals surface area contributed by atoms with E-state index in [4.69, 9.17) is 0 Å². The Morgan fingerprint density at radius 3 is 3.10 bits per heavy atom. The number of hydrogen-bond donors (Lipinski definition) is 2. The second-order valence-electron chi connectivity index (χ2n) is 4.56. The van der Waals surface area contributed by atoms with Crippen LogP contribution in [0.4, 0.5) is 5.69 Å². The predicted octanol–water partition coefficient (Wildman–Crippen LogP) is 2.09.